The zero-order chi connectivity index (χ0) is 12.4. The van der Waals surface area contributed by atoms with Crippen LogP contribution in [0.2, 0.25) is 0 Å². The maximum absolute atomic E-state index is 9.66. The highest BCUT2D eigenvalue weighted by atomic mass is 16.5. The maximum Gasteiger partial charge on any atom is 0.266 e. The van der Waals surface area contributed by atoms with E-state index >= 15 is 0 Å². The maximum atomic E-state index is 9.66. The van der Waals surface area contributed by atoms with E-state index in [1.54, 1.807) is 17.0 Å². The van der Waals surface area contributed by atoms with Crippen LogP contribution in [0.15, 0.2) is 22.7 Å². The molecule has 0 fully saturated rings. The molecule has 0 radical (unpaired) electrons. The van der Waals surface area contributed by atoms with Gasteiger partial charge in [-0.25, -0.2) is 0 Å². The fraction of sp³-hybridized carbons (Fsp3) is 0.273. The van der Waals surface area contributed by atoms with Crippen LogP contribution in [0.25, 0.3) is 11.5 Å². The van der Waals surface area contributed by atoms with Crippen molar-refractivity contribution in [3.63, 3.8) is 0 Å². The van der Waals surface area contributed by atoms with Crippen LogP contribution in [0.5, 0.6) is 11.5 Å². The van der Waals surface area contributed by atoms with Crippen LogP contribution < -0.4 is 4.90 Å². The second-order valence-corrected chi connectivity index (χ2v) is 3.59. The van der Waals surface area contributed by atoms with Gasteiger partial charge in [-0.05, 0) is 24.2 Å². The third-order valence-electron chi connectivity index (χ3n) is 2.48. The van der Waals surface area contributed by atoms with Crippen molar-refractivity contribution in [2.45, 2.75) is 6.92 Å². The van der Waals surface area contributed by atoms with E-state index in [-0.39, 0.29) is 17.4 Å². The second kappa shape index (κ2) is 4.32. The zero-order valence-electron chi connectivity index (χ0n) is 9.58. The first-order chi connectivity index (χ1) is 8.13. The first-order valence-electron chi connectivity index (χ1n) is 5.19. The van der Waals surface area contributed by atoms with Crippen LogP contribution in [0.1, 0.15) is 6.92 Å². The largest absolute Gasteiger partial charge is 0.504 e. The molecule has 1 heterocycles. The van der Waals surface area contributed by atoms with Gasteiger partial charge in [0.05, 0.1) is 5.56 Å². The van der Waals surface area contributed by atoms with Crippen LogP contribution >= 0.6 is 0 Å². The molecule has 0 atom stereocenters. The smallest absolute Gasteiger partial charge is 0.266 e. The number of rotatable bonds is 3. The molecule has 0 saturated carbocycles. The third kappa shape index (κ3) is 2.01. The number of hydrogen-bond acceptors (Lipinski definition) is 6. The van der Waals surface area contributed by atoms with Gasteiger partial charge in [0, 0.05) is 13.6 Å². The van der Waals surface area contributed by atoms with Crippen molar-refractivity contribution in [2.75, 3.05) is 18.5 Å². The Kier molecular flexibility index (Phi) is 2.86. The molecule has 17 heavy (non-hydrogen) atoms. The van der Waals surface area contributed by atoms with Crippen molar-refractivity contribution < 1.29 is 14.7 Å². The van der Waals surface area contributed by atoms with Crippen LogP contribution in [0.3, 0.4) is 0 Å². The molecule has 90 valence electrons. The van der Waals surface area contributed by atoms with Gasteiger partial charge in [-0.2, -0.15) is 4.98 Å². The normalized spacial score (nSPS) is 10.5. The van der Waals surface area contributed by atoms with E-state index in [2.05, 4.69) is 10.1 Å². The summed E-state index contributed by atoms with van der Waals surface area (Å²) in [5.74, 6) is 0.131. The van der Waals surface area contributed by atoms with E-state index in [1.165, 1.54) is 6.07 Å². The minimum absolute atomic E-state index is 0.175. The molecule has 0 aliphatic heterocycles. The molecule has 2 N–H and O–H groups in total. The van der Waals surface area contributed by atoms with Crippen molar-refractivity contribution in [1.29, 1.82) is 0 Å². The molecule has 2 rings (SSSR count). The quantitative estimate of drug-likeness (QED) is 0.786. The van der Waals surface area contributed by atoms with Crippen molar-refractivity contribution in [3.05, 3.63) is 18.2 Å². The van der Waals surface area contributed by atoms with Gasteiger partial charge in [0.15, 0.2) is 11.5 Å². The summed E-state index contributed by atoms with van der Waals surface area (Å²) in [4.78, 5) is 5.93. The van der Waals surface area contributed by atoms with Crippen LogP contribution in [-0.2, 0) is 0 Å². The summed E-state index contributed by atoms with van der Waals surface area (Å²) in [5.41, 5.74) is 0.313. The van der Waals surface area contributed by atoms with Gasteiger partial charge in [-0.3, -0.25) is 0 Å². The predicted molar refractivity (Wildman–Crippen MR) is 62.0 cm³/mol. The Morgan fingerprint density at radius 3 is 2.82 bits per heavy atom. The highest BCUT2D eigenvalue weighted by molar-refractivity contribution is 5.67. The summed E-state index contributed by atoms with van der Waals surface area (Å²) in [6, 6.07) is 4.57. The molecule has 0 amide bonds. The van der Waals surface area contributed by atoms with E-state index in [4.69, 9.17) is 4.52 Å². The lowest BCUT2D eigenvalue weighted by atomic mass is 10.2. The van der Waals surface area contributed by atoms with Crippen molar-refractivity contribution >= 4 is 5.95 Å². The molecule has 0 unspecified atom stereocenters. The number of anilines is 1. The second-order valence-electron chi connectivity index (χ2n) is 3.59. The number of phenolic OH excluding ortho intramolecular Hbond substituents is 2. The summed E-state index contributed by atoms with van der Waals surface area (Å²) < 4.78 is 5.04. The third-order valence-corrected chi connectivity index (χ3v) is 2.48. The van der Waals surface area contributed by atoms with Gasteiger partial charge >= 0.3 is 0 Å². The van der Waals surface area contributed by atoms with E-state index in [9.17, 15) is 10.2 Å². The van der Waals surface area contributed by atoms with E-state index in [1.807, 2.05) is 14.0 Å². The number of hydrogen-bond donors (Lipinski definition) is 2. The van der Waals surface area contributed by atoms with Crippen LogP contribution in [0, 0.1) is 0 Å². The molecule has 0 saturated heterocycles. The molecular weight excluding hydrogens is 222 g/mol. The summed E-state index contributed by atoms with van der Waals surface area (Å²) in [7, 11) is 1.83. The van der Waals surface area contributed by atoms with E-state index in [0.29, 0.717) is 11.5 Å². The average Bonchev–Trinajstić information content (AvgIpc) is 2.81. The van der Waals surface area contributed by atoms with Crippen LogP contribution in [0.4, 0.5) is 5.95 Å². The molecule has 0 bridgehead atoms. The Morgan fingerprint density at radius 2 is 2.12 bits per heavy atom. The number of aromatic hydroxyl groups is 2. The SMILES string of the molecule is CCN(C)c1noc(-c2cccc(O)c2O)n1. The average molecular weight is 235 g/mol. The van der Waals surface area contributed by atoms with Crippen LogP contribution in [-0.4, -0.2) is 33.9 Å². The number of benzene rings is 1. The van der Waals surface area contributed by atoms with Gasteiger partial charge in [0.2, 0.25) is 0 Å². The highest BCUT2D eigenvalue weighted by Crippen LogP contribution is 2.35. The molecule has 6 nitrogen and oxygen atoms in total. The monoisotopic (exact) mass is 235 g/mol. The minimum Gasteiger partial charge on any atom is -0.504 e. The fourth-order valence-corrected chi connectivity index (χ4v) is 1.33. The van der Waals surface area contributed by atoms with Gasteiger partial charge in [-0.1, -0.05) is 6.07 Å². The highest BCUT2D eigenvalue weighted by Gasteiger charge is 2.16. The topological polar surface area (TPSA) is 82.6 Å². The van der Waals surface area contributed by atoms with Gasteiger partial charge in [0.1, 0.15) is 0 Å². The van der Waals surface area contributed by atoms with Gasteiger partial charge in [-0.15, -0.1) is 0 Å². The number of aromatic nitrogens is 2. The summed E-state index contributed by atoms with van der Waals surface area (Å²) >= 11 is 0. The minimum atomic E-state index is -0.262. The van der Waals surface area contributed by atoms with Gasteiger partial charge in [0.25, 0.3) is 11.8 Å². The van der Waals surface area contributed by atoms with Crippen molar-refractivity contribution in [1.82, 2.24) is 10.1 Å². The summed E-state index contributed by atoms with van der Waals surface area (Å²) in [6.07, 6.45) is 0. The summed E-state index contributed by atoms with van der Waals surface area (Å²) in [5, 5.41) is 22.8. The predicted octanol–water partition coefficient (Wildman–Crippen LogP) is 1.60. The van der Waals surface area contributed by atoms with E-state index in [0.717, 1.165) is 6.54 Å². The Bertz CT molecular complexity index is 524. The molecule has 1 aromatic carbocycles. The number of para-hydroxylation sites is 1. The molecule has 0 spiro atoms. The molecule has 6 heteroatoms. The number of nitrogens with zero attached hydrogens (tertiary/aromatic N) is 3. The lowest BCUT2D eigenvalue weighted by molar-refractivity contribution is 0.397. The fourth-order valence-electron chi connectivity index (χ4n) is 1.33. The Morgan fingerprint density at radius 1 is 1.35 bits per heavy atom. The molecular formula is C11H13N3O3. The van der Waals surface area contributed by atoms with Crippen molar-refractivity contribution in [3.8, 4) is 23.0 Å². The Balaban J connectivity index is 2.40. The summed E-state index contributed by atoms with van der Waals surface area (Å²) in [6.45, 7) is 2.70. The van der Waals surface area contributed by atoms with Crippen molar-refractivity contribution in [2.24, 2.45) is 0 Å². The van der Waals surface area contributed by atoms with E-state index < -0.39 is 0 Å². The molecule has 1 aromatic heterocycles. The standard InChI is InChI=1S/C11H13N3O3/c1-3-14(2)11-12-10(17-13-11)7-5-4-6-8(15)9(7)16/h4-6,15-16H,3H2,1-2H3. The molecule has 2 aromatic rings. The molecule has 0 aliphatic carbocycles. The first-order valence-corrected chi connectivity index (χ1v) is 5.19. The lowest BCUT2D eigenvalue weighted by Crippen LogP contribution is -2.16. The first kappa shape index (κ1) is 11.3. The van der Waals surface area contributed by atoms with Gasteiger partial charge < -0.3 is 19.6 Å². The number of phenols is 2. The Hall–Kier alpha value is -2.24. The Labute approximate surface area is 98.1 Å². The lowest BCUT2D eigenvalue weighted by Gasteiger charge is -2.08. The molecule has 0 aliphatic rings. The zero-order valence-corrected chi connectivity index (χ0v) is 9.58.